The highest BCUT2D eigenvalue weighted by Crippen LogP contribution is 2.63. The third kappa shape index (κ3) is 4.73. The Bertz CT molecular complexity index is 2090. The number of imide groups is 2. The van der Waals surface area contributed by atoms with Crippen LogP contribution in [-0.4, -0.2) is 38.7 Å². The first-order valence-corrected chi connectivity index (χ1v) is 16.4. The molecular formula is C35H25Cl2F3N4O6. The average Bonchev–Trinajstić information content (AvgIpc) is 3.48. The Morgan fingerprint density at radius 3 is 2.50 bits per heavy atom. The molecule has 3 aromatic rings. The summed E-state index contributed by atoms with van der Waals surface area (Å²) in [5.74, 6) is -6.38. The first-order chi connectivity index (χ1) is 23.8. The maximum Gasteiger partial charge on any atom is 0.417 e. The van der Waals surface area contributed by atoms with Crippen molar-refractivity contribution in [3.05, 3.63) is 105 Å². The number of hydrogen-bond donors (Lipinski definition) is 3. The molecule has 3 aliphatic heterocycles. The molecule has 2 saturated heterocycles. The van der Waals surface area contributed by atoms with Crippen LogP contribution in [-0.2, 0) is 37.2 Å². The molecule has 3 N–H and O–H groups in total. The van der Waals surface area contributed by atoms with E-state index in [9.17, 15) is 32.7 Å². The van der Waals surface area contributed by atoms with Gasteiger partial charge in [-0.25, -0.2) is 4.98 Å². The molecule has 4 amide bonds. The Kier molecular flexibility index (Phi) is 7.32. The number of hydrogen-bond acceptors (Lipinski definition) is 8. The molecule has 1 aromatic heterocycles. The highest BCUT2D eigenvalue weighted by molar-refractivity contribution is 6.33. The Hall–Kier alpha value is -4.88. The maximum absolute atomic E-state index is 15.2. The summed E-state index contributed by atoms with van der Waals surface area (Å²) in [5, 5.41) is 13.3. The molecule has 2 aromatic carbocycles. The monoisotopic (exact) mass is 724 g/mol. The Morgan fingerprint density at radius 2 is 1.78 bits per heavy atom. The van der Waals surface area contributed by atoms with E-state index >= 15 is 4.79 Å². The van der Waals surface area contributed by atoms with Crippen molar-refractivity contribution in [1.82, 2.24) is 15.3 Å². The van der Waals surface area contributed by atoms with Crippen LogP contribution in [0.1, 0.15) is 29.5 Å². The minimum Gasteiger partial charge on any atom is -0.508 e. The van der Waals surface area contributed by atoms with Crippen molar-refractivity contribution in [2.24, 2.45) is 29.6 Å². The lowest BCUT2D eigenvalue weighted by atomic mass is 9.48. The maximum atomic E-state index is 15.2. The first-order valence-electron chi connectivity index (χ1n) is 15.6. The van der Waals surface area contributed by atoms with Crippen LogP contribution in [0.3, 0.4) is 0 Å². The van der Waals surface area contributed by atoms with E-state index in [2.05, 4.69) is 15.7 Å². The minimum atomic E-state index is -4.74. The van der Waals surface area contributed by atoms with Gasteiger partial charge in [0.15, 0.2) is 5.82 Å². The molecule has 50 heavy (non-hydrogen) atoms. The van der Waals surface area contributed by atoms with Gasteiger partial charge >= 0.3 is 6.18 Å². The zero-order valence-electron chi connectivity index (χ0n) is 25.6. The number of rotatable bonds is 4. The molecular weight excluding hydrogens is 700 g/mol. The number of hydrazine groups is 1. The van der Waals surface area contributed by atoms with Crippen LogP contribution in [0, 0.1) is 29.6 Å². The number of pyridine rings is 1. The second-order valence-corrected chi connectivity index (χ2v) is 13.9. The molecule has 2 aliphatic carbocycles. The number of nitrogens with one attached hydrogen (secondary N) is 2. The van der Waals surface area contributed by atoms with Gasteiger partial charge in [-0.2, -0.15) is 18.2 Å². The van der Waals surface area contributed by atoms with Crippen molar-refractivity contribution in [2.75, 3.05) is 5.43 Å². The lowest BCUT2D eigenvalue weighted by Gasteiger charge is -2.51. The summed E-state index contributed by atoms with van der Waals surface area (Å²) in [7, 11) is 0. The molecule has 6 atom stereocenters. The standard InChI is InChI=1S/C35H25Cl2F3N4O6/c36-19-3-1-17(2-4-19)34-24(32(48)44(33(34)49)43-29-25(37)11-18(13-41-29)35(38,39)40)12-23-21(6-7-22-27(23)31(47)42-30(22)46)28(34)16-9-15-10-20(45)5-8-26(15)50-14-16/h1-6,8,10-11,13-14,22-24,27-28,45H,7,9,12H2,(H,41,43)(H,42,46,47). The van der Waals surface area contributed by atoms with Crippen LogP contribution in [0.25, 0.3) is 0 Å². The normalized spacial score (nSPS) is 28.5. The number of fused-ring (bicyclic) bond motifs is 5. The van der Waals surface area contributed by atoms with E-state index in [-0.39, 0.29) is 30.8 Å². The molecule has 0 bridgehead atoms. The second kappa shape index (κ2) is 11.3. The van der Waals surface area contributed by atoms with E-state index in [0.29, 0.717) is 45.3 Å². The summed E-state index contributed by atoms with van der Waals surface area (Å²) in [5.41, 5.74) is 2.06. The van der Waals surface area contributed by atoms with Crippen molar-refractivity contribution in [2.45, 2.75) is 30.9 Å². The number of amides is 4. The highest BCUT2D eigenvalue weighted by Gasteiger charge is 2.70. The summed E-state index contributed by atoms with van der Waals surface area (Å²) in [6.45, 7) is 0. The molecule has 5 aliphatic rings. The number of ether oxygens (including phenoxy) is 1. The molecule has 3 fully saturated rings. The van der Waals surface area contributed by atoms with Crippen LogP contribution in [0.4, 0.5) is 19.0 Å². The number of allylic oxidation sites excluding steroid dienone is 3. The van der Waals surface area contributed by atoms with Crippen LogP contribution < -0.4 is 15.5 Å². The number of alkyl halides is 3. The lowest BCUT2D eigenvalue weighted by molar-refractivity contribution is -0.139. The molecule has 1 saturated carbocycles. The van der Waals surface area contributed by atoms with Crippen LogP contribution in [0.15, 0.2) is 78.2 Å². The van der Waals surface area contributed by atoms with E-state index in [1.807, 2.05) is 6.08 Å². The largest absolute Gasteiger partial charge is 0.508 e. The minimum absolute atomic E-state index is 0.00470. The zero-order chi connectivity index (χ0) is 35.3. The summed E-state index contributed by atoms with van der Waals surface area (Å²) >= 11 is 12.5. The van der Waals surface area contributed by atoms with E-state index in [4.69, 9.17) is 27.9 Å². The van der Waals surface area contributed by atoms with Crippen LogP contribution in [0.2, 0.25) is 10.0 Å². The third-order valence-electron chi connectivity index (χ3n) is 10.5. The number of aromatic hydroxyl groups is 1. The van der Waals surface area contributed by atoms with Crippen molar-refractivity contribution < 1.29 is 42.2 Å². The van der Waals surface area contributed by atoms with Gasteiger partial charge in [-0.05, 0) is 66.3 Å². The van der Waals surface area contributed by atoms with Gasteiger partial charge in [0, 0.05) is 29.1 Å². The summed E-state index contributed by atoms with van der Waals surface area (Å²) < 4.78 is 46.2. The van der Waals surface area contributed by atoms with Gasteiger partial charge in [0.05, 0.1) is 40.0 Å². The van der Waals surface area contributed by atoms with Gasteiger partial charge < -0.3 is 9.84 Å². The van der Waals surface area contributed by atoms with Crippen molar-refractivity contribution >= 4 is 52.6 Å². The molecule has 8 rings (SSSR count). The fraction of sp³-hybridized carbons (Fsp3) is 0.286. The number of anilines is 1. The molecule has 6 unspecified atom stereocenters. The fourth-order valence-electron chi connectivity index (χ4n) is 8.51. The molecule has 256 valence electrons. The number of carbonyl (C=O) groups is 4. The quantitative estimate of drug-likeness (QED) is 0.229. The van der Waals surface area contributed by atoms with Gasteiger partial charge in [0.25, 0.3) is 11.8 Å². The van der Waals surface area contributed by atoms with E-state index in [1.165, 1.54) is 18.4 Å². The SMILES string of the molecule is O=C1NC(=O)C2C1CC=C1C2CC2C(=O)N(Nc3ncc(C(F)(F)F)cc3Cl)C(=O)C2(c2ccc(Cl)cc2)C1C1=COc2ccc(O)cc2C1. The van der Waals surface area contributed by atoms with Gasteiger partial charge in [-0.3, -0.25) is 29.9 Å². The van der Waals surface area contributed by atoms with Crippen molar-refractivity contribution in [3.8, 4) is 11.5 Å². The smallest absolute Gasteiger partial charge is 0.417 e. The van der Waals surface area contributed by atoms with Gasteiger partial charge in [-0.1, -0.05) is 47.0 Å². The number of carbonyl (C=O) groups excluding carboxylic acids is 4. The molecule has 10 nitrogen and oxygen atoms in total. The highest BCUT2D eigenvalue weighted by atomic mass is 35.5. The van der Waals surface area contributed by atoms with Crippen LogP contribution in [0.5, 0.6) is 11.5 Å². The predicted octanol–water partition coefficient (Wildman–Crippen LogP) is 5.74. The number of benzene rings is 2. The van der Waals surface area contributed by atoms with Crippen molar-refractivity contribution in [1.29, 1.82) is 0 Å². The summed E-state index contributed by atoms with van der Waals surface area (Å²) in [6.07, 6.45) is -0.422. The number of aromatic nitrogens is 1. The van der Waals surface area contributed by atoms with E-state index in [0.717, 1.165) is 5.01 Å². The number of halogens is 5. The molecule has 4 heterocycles. The third-order valence-corrected chi connectivity index (χ3v) is 11.1. The Balaban J connectivity index is 1.32. The second-order valence-electron chi connectivity index (χ2n) is 13.1. The van der Waals surface area contributed by atoms with E-state index in [1.54, 1.807) is 30.3 Å². The number of phenols is 1. The van der Waals surface area contributed by atoms with Gasteiger partial charge in [0.1, 0.15) is 11.5 Å². The predicted molar refractivity (Wildman–Crippen MR) is 171 cm³/mol. The Labute approximate surface area is 291 Å². The molecule has 15 heteroatoms. The number of phenolic OH excluding ortho intramolecular Hbond substituents is 1. The zero-order valence-corrected chi connectivity index (χ0v) is 27.1. The van der Waals surface area contributed by atoms with E-state index < -0.39 is 75.4 Å². The lowest BCUT2D eigenvalue weighted by Crippen LogP contribution is -2.55. The fourth-order valence-corrected chi connectivity index (χ4v) is 8.84. The van der Waals surface area contributed by atoms with Crippen LogP contribution >= 0.6 is 23.2 Å². The molecule has 0 spiro atoms. The molecule has 0 radical (unpaired) electrons. The average molecular weight is 726 g/mol. The Morgan fingerprint density at radius 1 is 1.02 bits per heavy atom. The first kappa shape index (κ1) is 32.3. The topological polar surface area (TPSA) is 138 Å². The summed E-state index contributed by atoms with van der Waals surface area (Å²) in [6, 6.07) is 11.7. The van der Waals surface area contributed by atoms with Gasteiger partial charge in [0.2, 0.25) is 11.8 Å². The van der Waals surface area contributed by atoms with Crippen molar-refractivity contribution in [3.63, 3.8) is 0 Å². The number of nitrogens with zero attached hydrogens (tertiary/aromatic N) is 2. The van der Waals surface area contributed by atoms with Gasteiger partial charge in [-0.15, -0.1) is 0 Å². The summed E-state index contributed by atoms with van der Waals surface area (Å²) in [4.78, 5) is 59.7.